The van der Waals surface area contributed by atoms with Gasteiger partial charge >= 0.3 is 0 Å². The topological polar surface area (TPSA) is 79.7 Å². The van der Waals surface area contributed by atoms with Crippen LogP contribution in [0, 0.1) is 11.8 Å². The molecule has 4 heterocycles. The maximum atomic E-state index is 13.6. The average molecular weight is 530 g/mol. The molecule has 3 aliphatic heterocycles. The van der Waals surface area contributed by atoms with Crippen LogP contribution in [0.1, 0.15) is 40.0 Å². The molecule has 2 unspecified atom stereocenters. The predicted molar refractivity (Wildman–Crippen MR) is 145 cm³/mol. The second kappa shape index (κ2) is 10.2. The van der Waals surface area contributed by atoms with Gasteiger partial charge in [0.1, 0.15) is 23.6 Å². The maximum absolute atomic E-state index is 13.6. The van der Waals surface area contributed by atoms with Crippen LogP contribution < -0.4 is 15.0 Å². The highest BCUT2D eigenvalue weighted by Gasteiger charge is 2.40. The maximum Gasteiger partial charge on any atom is 0.275 e. The molecule has 2 atom stereocenters. The first-order chi connectivity index (χ1) is 18.5. The number of hydrogen-bond donors (Lipinski definition) is 1. The Hall–Kier alpha value is -3.80. The third kappa shape index (κ3) is 4.53. The van der Waals surface area contributed by atoms with E-state index in [4.69, 9.17) is 16.3 Å². The molecule has 2 amide bonds. The van der Waals surface area contributed by atoms with Crippen molar-refractivity contribution in [2.24, 2.45) is 0 Å². The van der Waals surface area contributed by atoms with Crippen LogP contribution in [-0.2, 0) is 17.8 Å². The zero-order valence-electron chi connectivity index (χ0n) is 21.1. The van der Waals surface area contributed by atoms with Crippen molar-refractivity contribution in [2.45, 2.75) is 37.9 Å². The number of aromatic nitrogens is 2. The van der Waals surface area contributed by atoms with E-state index in [1.54, 1.807) is 21.5 Å². The molecule has 0 bridgehead atoms. The third-order valence-electron chi connectivity index (χ3n) is 7.38. The molecule has 9 heteroatoms. The van der Waals surface area contributed by atoms with Crippen LogP contribution in [0.15, 0.2) is 48.5 Å². The number of carbonyl (C=O) groups excluding carboxylic acids is 2. The van der Waals surface area contributed by atoms with Gasteiger partial charge in [0.2, 0.25) is 0 Å². The largest absolute Gasteiger partial charge is 0.489 e. The van der Waals surface area contributed by atoms with E-state index in [0.717, 1.165) is 36.1 Å². The van der Waals surface area contributed by atoms with Gasteiger partial charge < -0.3 is 19.9 Å². The number of nitrogens with zero attached hydrogens (tertiary/aromatic N) is 4. The second-order valence-corrected chi connectivity index (χ2v) is 10.2. The Morgan fingerprint density at radius 2 is 2.03 bits per heavy atom. The zero-order valence-corrected chi connectivity index (χ0v) is 21.9. The number of carbonyl (C=O) groups is 2. The lowest BCUT2D eigenvalue weighted by molar-refractivity contribution is -0.123. The van der Waals surface area contributed by atoms with E-state index in [2.05, 4.69) is 22.3 Å². The lowest BCUT2D eigenvalue weighted by atomic mass is 10.0. The number of likely N-dealkylation sites (N-methyl/N-ethyl adjacent to an activating group) is 1. The summed E-state index contributed by atoms with van der Waals surface area (Å²) in [6.45, 7) is 1.88. The van der Waals surface area contributed by atoms with Gasteiger partial charge in [0.15, 0.2) is 5.69 Å². The second-order valence-electron chi connectivity index (χ2n) is 9.83. The zero-order chi connectivity index (χ0) is 26.2. The average Bonchev–Trinajstić information content (AvgIpc) is 3.55. The van der Waals surface area contributed by atoms with Gasteiger partial charge in [-0.2, -0.15) is 5.10 Å². The Kier molecular flexibility index (Phi) is 6.56. The Balaban J connectivity index is 1.22. The van der Waals surface area contributed by atoms with Crippen molar-refractivity contribution >= 4 is 29.1 Å². The van der Waals surface area contributed by atoms with Crippen LogP contribution in [-0.4, -0.2) is 65.3 Å². The van der Waals surface area contributed by atoms with Gasteiger partial charge in [-0.15, -0.1) is 0 Å². The van der Waals surface area contributed by atoms with Crippen LogP contribution >= 0.6 is 11.6 Å². The van der Waals surface area contributed by atoms with E-state index in [9.17, 15) is 9.59 Å². The van der Waals surface area contributed by atoms with Gasteiger partial charge in [-0.05, 0) is 49.6 Å². The molecule has 1 fully saturated rings. The minimum Gasteiger partial charge on any atom is -0.489 e. The summed E-state index contributed by atoms with van der Waals surface area (Å²) in [7, 11) is 1.71. The van der Waals surface area contributed by atoms with Crippen molar-refractivity contribution < 1.29 is 14.3 Å². The van der Waals surface area contributed by atoms with Gasteiger partial charge in [-0.1, -0.05) is 53.8 Å². The summed E-state index contributed by atoms with van der Waals surface area (Å²) < 4.78 is 7.72. The van der Waals surface area contributed by atoms with Crippen molar-refractivity contribution in [3.8, 4) is 17.6 Å². The quantitative estimate of drug-likeness (QED) is 0.527. The number of anilines is 1. The Morgan fingerprint density at radius 1 is 1.18 bits per heavy atom. The molecule has 6 rings (SSSR count). The number of nitrogens with one attached hydrogen (secondary N) is 1. The van der Waals surface area contributed by atoms with Gasteiger partial charge in [-0.25, -0.2) is 4.68 Å². The molecule has 2 aromatic carbocycles. The number of fused-ring (bicyclic) bond motifs is 2. The normalized spacial score (nSPS) is 20.8. The summed E-state index contributed by atoms with van der Waals surface area (Å²) in [6.07, 6.45) is 2.69. The fourth-order valence-electron chi connectivity index (χ4n) is 5.26. The predicted octanol–water partition coefficient (Wildman–Crippen LogP) is 3.11. The van der Waals surface area contributed by atoms with Crippen molar-refractivity contribution in [3.05, 3.63) is 76.1 Å². The Labute approximate surface area is 226 Å². The molecule has 1 aromatic heterocycles. The molecule has 0 spiro atoms. The van der Waals surface area contributed by atoms with Crippen LogP contribution in [0.5, 0.6) is 5.75 Å². The molecular formula is C29H28ClN5O3. The fraction of sp³-hybridized carbons (Fsp3) is 0.345. The summed E-state index contributed by atoms with van der Waals surface area (Å²) in [6, 6.07) is 14.9. The van der Waals surface area contributed by atoms with Crippen molar-refractivity contribution in [2.75, 3.05) is 31.6 Å². The minimum absolute atomic E-state index is 0.0622. The fourth-order valence-corrected chi connectivity index (χ4v) is 5.54. The number of rotatable bonds is 3. The molecule has 1 N–H and O–H groups in total. The number of hydrogen-bond acceptors (Lipinski definition) is 5. The van der Waals surface area contributed by atoms with E-state index in [1.165, 1.54) is 0 Å². The summed E-state index contributed by atoms with van der Waals surface area (Å²) >= 11 is 6.63. The standard InChI is InChI=1S/C29H28ClN5O3/c1-33-23-16-19(9-11-21-8-5-14-31-21)10-12-25(23)38-18-24(28(33)36)34-15-13-22-26(29(34)37)32-35(27(22)30)17-20-6-3-2-4-7-20/h2-4,6-7,10,12,16,21,24,31H,5,8,13-15,17-18H2,1H3. The Morgan fingerprint density at radius 3 is 2.82 bits per heavy atom. The van der Waals surface area contributed by atoms with Gasteiger partial charge in [-0.3, -0.25) is 9.59 Å². The monoisotopic (exact) mass is 529 g/mol. The highest BCUT2D eigenvalue weighted by Crippen LogP contribution is 2.34. The highest BCUT2D eigenvalue weighted by molar-refractivity contribution is 6.31. The Bertz CT molecular complexity index is 1450. The molecule has 0 saturated carbocycles. The van der Waals surface area contributed by atoms with Gasteiger partial charge in [0, 0.05) is 24.7 Å². The third-order valence-corrected chi connectivity index (χ3v) is 7.81. The molecule has 38 heavy (non-hydrogen) atoms. The van der Waals surface area contributed by atoms with Crippen molar-refractivity contribution in [1.29, 1.82) is 0 Å². The van der Waals surface area contributed by atoms with Crippen molar-refractivity contribution in [3.63, 3.8) is 0 Å². The van der Waals surface area contributed by atoms with Crippen LogP contribution in [0.4, 0.5) is 5.69 Å². The molecule has 194 valence electrons. The van der Waals surface area contributed by atoms with Crippen molar-refractivity contribution in [1.82, 2.24) is 20.0 Å². The van der Waals surface area contributed by atoms with Gasteiger partial charge in [0.25, 0.3) is 11.8 Å². The smallest absolute Gasteiger partial charge is 0.275 e. The lowest BCUT2D eigenvalue weighted by Crippen LogP contribution is -2.54. The van der Waals surface area contributed by atoms with E-state index >= 15 is 0 Å². The van der Waals surface area contributed by atoms with Gasteiger partial charge in [0.05, 0.1) is 18.3 Å². The number of amides is 2. The number of benzene rings is 2. The SMILES string of the molecule is CN1C(=O)C(N2CCc3c(nn(Cc4ccccc4)c3Cl)C2=O)COc2ccc(C#CC3CCCN3)cc21. The highest BCUT2D eigenvalue weighted by atomic mass is 35.5. The number of ether oxygens (including phenoxy) is 1. The molecule has 0 aliphatic carbocycles. The summed E-state index contributed by atoms with van der Waals surface area (Å²) in [5.74, 6) is 6.55. The minimum atomic E-state index is -0.775. The molecule has 3 aliphatic rings. The molecule has 0 radical (unpaired) electrons. The first kappa shape index (κ1) is 24.5. The van der Waals surface area contributed by atoms with Crippen LogP contribution in [0.3, 0.4) is 0 Å². The summed E-state index contributed by atoms with van der Waals surface area (Å²) in [4.78, 5) is 30.3. The first-order valence-corrected chi connectivity index (χ1v) is 13.3. The van der Waals surface area contributed by atoms with E-state index in [1.807, 2.05) is 48.5 Å². The first-order valence-electron chi connectivity index (χ1n) is 12.9. The summed E-state index contributed by atoms with van der Waals surface area (Å²) in [5.41, 5.74) is 3.52. The molecular weight excluding hydrogens is 502 g/mol. The van der Waals surface area contributed by atoms with E-state index < -0.39 is 6.04 Å². The van der Waals surface area contributed by atoms with E-state index in [-0.39, 0.29) is 24.5 Å². The summed E-state index contributed by atoms with van der Waals surface area (Å²) in [5, 5.41) is 8.39. The molecule has 3 aromatic rings. The lowest BCUT2D eigenvalue weighted by Gasteiger charge is -2.33. The van der Waals surface area contributed by atoms with Crippen LogP contribution in [0.2, 0.25) is 5.15 Å². The molecule has 8 nitrogen and oxygen atoms in total. The molecule has 1 saturated heterocycles. The van der Waals surface area contributed by atoms with Crippen LogP contribution in [0.25, 0.3) is 0 Å². The van der Waals surface area contributed by atoms with E-state index in [0.29, 0.717) is 41.8 Å². The number of halogens is 1.